The van der Waals surface area contributed by atoms with Crippen LogP contribution in [0.4, 0.5) is 11.5 Å². The molecule has 0 aliphatic heterocycles. The van der Waals surface area contributed by atoms with Gasteiger partial charge in [-0.1, -0.05) is 5.16 Å². The molecule has 7 nitrogen and oxygen atoms in total. The molecule has 2 aromatic rings. The summed E-state index contributed by atoms with van der Waals surface area (Å²) in [6.07, 6.45) is 3.92. The van der Waals surface area contributed by atoms with E-state index < -0.39 is 10.0 Å². The number of nitrogens with one attached hydrogen (secondary N) is 2. The van der Waals surface area contributed by atoms with Crippen LogP contribution < -0.4 is 10.0 Å². The summed E-state index contributed by atoms with van der Waals surface area (Å²) < 4.78 is 30.9. The van der Waals surface area contributed by atoms with Gasteiger partial charge in [0.1, 0.15) is 17.8 Å². The molecular weight excluding hydrogens is 256 g/mol. The highest BCUT2D eigenvalue weighted by Gasteiger charge is 2.15. The van der Waals surface area contributed by atoms with E-state index in [0.29, 0.717) is 12.4 Å². The van der Waals surface area contributed by atoms with Crippen molar-refractivity contribution in [3.8, 4) is 0 Å². The third kappa shape index (κ3) is 2.77. The number of anilines is 2. The average Bonchev–Trinajstić information content (AvgIpc) is 2.82. The lowest BCUT2D eigenvalue weighted by Crippen LogP contribution is -2.13. The second-order valence-corrected chi connectivity index (χ2v) is 5.11. The van der Waals surface area contributed by atoms with Crippen molar-refractivity contribution in [3.05, 3.63) is 30.8 Å². The second-order valence-electron chi connectivity index (χ2n) is 3.43. The number of hydrogen-bond acceptors (Lipinski definition) is 6. The Morgan fingerprint density at radius 3 is 2.94 bits per heavy atom. The number of hydrogen-bond donors (Lipinski definition) is 2. The first-order valence-corrected chi connectivity index (χ1v) is 6.72. The van der Waals surface area contributed by atoms with Crippen molar-refractivity contribution in [2.45, 2.75) is 11.8 Å². The molecule has 0 radical (unpaired) electrons. The van der Waals surface area contributed by atoms with E-state index in [1.54, 1.807) is 0 Å². The van der Waals surface area contributed by atoms with Crippen molar-refractivity contribution >= 4 is 21.5 Å². The summed E-state index contributed by atoms with van der Waals surface area (Å²) in [5.74, 6) is 0.505. The van der Waals surface area contributed by atoms with E-state index in [9.17, 15) is 8.42 Å². The van der Waals surface area contributed by atoms with E-state index in [2.05, 4.69) is 24.7 Å². The van der Waals surface area contributed by atoms with Gasteiger partial charge in [-0.25, -0.2) is 13.4 Å². The van der Waals surface area contributed by atoms with Gasteiger partial charge in [0, 0.05) is 18.8 Å². The Hall–Kier alpha value is -2.09. The normalized spacial score (nSPS) is 11.2. The summed E-state index contributed by atoms with van der Waals surface area (Å²) in [5.41, 5.74) is 0.275. The fourth-order valence-corrected chi connectivity index (χ4v) is 2.36. The number of aromatic nitrogens is 2. The Balaban J connectivity index is 2.26. The highest BCUT2D eigenvalue weighted by molar-refractivity contribution is 7.92. The first kappa shape index (κ1) is 12.4. The molecule has 2 N–H and O–H groups in total. The molecule has 18 heavy (non-hydrogen) atoms. The molecule has 0 saturated heterocycles. The largest absolute Gasteiger partial charge is 0.370 e. The monoisotopic (exact) mass is 268 g/mol. The summed E-state index contributed by atoms with van der Waals surface area (Å²) in [5, 5.41) is 6.37. The average molecular weight is 268 g/mol. The summed E-state index contributed by atoms with van der Waals surface area (Å²) >= 11 is 0. The van der Waals surface area contributed by atoms with Crippen LogP contribution in [-0.2, 0) is 10.0 Å². The molecule has 0 amide bonds. The van der Waals surface area contributed by atoms with Crippen LogP contribution in [0, 0.1) is 0 Å². The molecule has 0 spiro atoms. The van der Waals surface area contributed by atoms with Crippen LogP contribution in [0.3, 0.4) is 0 Å². The Labute approximate surface area is 104 Å². The van der Waals surface area contributed by atoms with Crippen molar-refractivity contribution in [1.29, 1.82) is 0 Å². The van der Waals surface area contributed by atoms with Gasteiger partial charge in [0.05, 0.1) is 11.1 Å². The highest BCUT2D eigenvalue weighted by atomic mass is 32.2. The highest BCUT2D eigenvalue weighted by Crippen LogP contribution is 2.17. The molecule has 0 atom stereocenters. The van der Waals surface area contributed by atoms with E-state index in [1.165, 1.54) is 30.8 Å². The van der Waals surface area contributed by atoms with E-state index in [-0.39, 0.29) is 10.6 Å². The number of sulfonamides is 1. The lowest BCUT2D eigenvalue weighted by atomic mass is 10.4. The predicted molar refractivity (Wildman–Crippen MR) is 65.7 cm³/mol. The Morgan fingerprint density at radius 1 is 1.44 bits per heavy atom. The molecule has 96 valence electrons. The Morgan fingerprint density at radius 2 is 2.28 bits per heavy atom. The lowest BCUT2D eigenvalue weighted by Gasteiger charge is -2.07. The molecule has 0 aromatic carbocycles. The molecule has 2 heterocycles. The van der Waals surface area contributed by atoms with Gasteiger partial charge in [-0.15, -0.1) is 0 Å². The van der Waals surface area contributed by atoms with E-state index >= 15 is 0 Å². The van der Waals surface area contributed by atoms with Gasteiger partial charge in [0.2, 0.25) is 0 Å². The van der Waals surface area contributed by atoms with Gasteiger partial charge >= 0.3 is 0 Å². The molecule has 2 aromatic heterocycles. The topological polar surface area (TPSA) is 97.1 Å². The maximum atomic E-state index is 12.0. The quantitative estimate of drug-likeness (QED) is 0.848. The number of rotatable bonds is 5. The van der Waals surface area contributed by atoms with Crippen LogP contribution in [0.2, 0.25) is 0 Å². The molecule has 0 bridgehead atoms. The number of pyridine rings is 1. The van der Waals surface area contributed by atoms with Crippen LogP contribution in [0.15, 0.2) is 40.2 Å². The Kier molecular flexibility index (Phi) is 3.47. The zero-order valence-electron chi connectivity index (χ0n) is 9.62. The maximum absolute atomic E-state index is 12.0. The first-order chi connectivity index (χ1) is 8.62. The van der Waals surface area contributed by atoms with Crippen molar-refractivity contribution in [2.75, 3.05) is 16.6 Å². The van der Waals surface area contributed by atoms with Gasteiger partial charge in [0.25, 0.3) is 10.0 Å². The number of nitrogens with zero attached hydrogens (tertiary/aromatic N) is 2. The lowest BCUT2D eigenvalue weighted by molar-refractivity contribution is 0.420. The SMILES string of the molecule is CCNc1cc(S(=O)(=O)Nc2cnoc2)ccn1. The fraction of sp³-hybridized carbons (Fsp3) is 0.200. The summed E-state index contributed by atoms with van der Waals surface area (Å²) in [6.45, 7) is 2.56. The molecule has 0 unspecified atom stereocenters. The minimum Gasteiger partial charge on any atom is -0.370 e. The van der Waals surface area contributed by atoms with Crippen molar-refractivity contribution < 1.29 is 12.9 Å². The van der Waals surface area contributed by atoms with Gasteiger partial charge < -0.3 is 9.84 Å². The molecule has 0 aliphatic rings. The van der Waals surface area contributed by atoms with Crippen LogP contribution in [0.25, 0.3) is 0 Å². The minimum atomic E-state index is -3.65. The van der Waals surface area contributed by atoms with Crippen LogP contribution in [0.5, 0.6) is 0 Å². The van der Waals surface area contributed by atoms with Gasteiger partial charge in [-0.2, -0.15) is 0 Å². The molecule has 2 rings (SSSR count). The van der Waals surface area contributed by atoms with Crippen LogP contribution in [0.1, 0.15) is 6.92 Å². The summed E-state index contributed by atoms with van der Waals surface area (Å²) in [7, 11) is -3.65. The van der Waals surface area contributed by atoms with E-state index in [1.807, 2.05) is 6.92 Å². The molecule has 8 heteroatoms. The fourth-order valence-electron chi connectivity index (χ4n) is 1.33. The zero-order chi connectivity index (χ0) is 13.0. The molecule has 0 saturated carbocycles. The third-order valence-corrected chi connectivity index (χ3v) is 3.46. The molecular formula is C10H12N4O3S. The van der Waals surface area contributed by atoms with Gasteiger partial charge in [-0.3, -0.25) is 4.72 Å². The van der Waals surface area contributed by atoms with Crippen molar-refractivity contribution in [3.63, 3.8) is 0 Å². The van der Waals surface area contributed by atoms with Crippen LogP contribution >= 0.6 is 0 Å². The van der Waals surface area contributed by atoms with Gasteiger partial charge in [-0.05, 0) is 13.0 Å². The van der Waals surface area contributed by atoms with E-state index in [4.69, 9.17) is 0 Å². The predicted octanol–water partition coefficient (Wildman–Crippen LogP) is 1.30. The smallest absolute Gasteiger partial charge is 0.262 e. The standard InChI is InChI=1S/C10H12N4O3S/c1-2-11-10-5-9(3-4-12-10)18(15,16)14-8-6-13-17-7-8/h3-7,14H,2H2,1H3,(H,11,12). The van der Waals surface area contributed by atoms with Crippen molar-refractivity contribution in [1.82, 2.24) is 10.1 Å². The van der Waals surface area contributed by atoms with Crippen molar-refractivity contribution in [2.24, 2.45) is 0 Å². The van der Waals surface area contributed by atoms with E-state index in [0.717, 1.165) is 0 Å². The van der Waals surface area contributed by atoms with Gasteiger partial charge in [0.15, 0.2) is 0 Å². The van der Waals surface area contributed by atoms with Crippen LogP contribution in [-0.4, -0.2) is 25.1 Å². The third-order valence-electron chi connectivity index (χ3n) is 2.08. The summed E-state index contributed by atoms with van der Waals surface area (Å²) in [6, 6.07) is 2.87. The summed E-state index contributed by atoms with van der Waals surface area (Å²) in [4.78, 5) is 4.13. The maximum Gasteiger partial charge on any atom is 0.262 e. The Bertz CT molecular complexity index is 610. The molecule has 0 aliphatic carbocycles. The second kappa shape index (κ2) is 5.05. The molecule has 0 fully saturated rings. The minimum absolute atomic E-state index is 0.120. The zero-order valence-corrected chi connectivity index (χ0v) is 10.4. The first-order valence-electron chi connectivity index (χ1n) is 5.24.